The number of alkyl halides is 1. The van der Waals surface area contributed by atoms with Gasteiger partial charge in [0.15, 0.2) is 0 Å². The average Bonchev–Trinajstić information content (AvgIpc) is 2.81. The summed E-state index contributed by atoms with van der Waals surface area (Å²) in [6.07, 6.45) is 3.51. The molecule has 1 aliphatic heterocycles. The van der Waals surface area contributed by atoms with E-state index >= 15 is 0 Å². The minimum atomic E-state index is -2.30. The Morgan fingerprint density at radius 3 is 2.38 bits per heavy atom. The summed E-state index contributed by atoms with van der Waals surface area (Å²) in [5.74, 6) is -1.18. The zero-order valence-corrected chi connectivity index (χ0v) is 11.7. The van der Waals surface area contributed by atoms with E-state index in [0.717, 1.165) is 0 Å². The summed E-state index contributed by atoms with van der Waals surface area (Å²) in [5, 5.41) is 8.86. The first-order valence-electron chi connectivity index (χ1n) is 7.31. The van der Waals surface area contributed by atoms with Crippen molar-refractivity contribution in [1.29, 1.82) is 0 Å². The molecule has 3 rings (SSSR count). The molecule has 1 aromatic rings. The van der Waals surface area contributed by atoms with Crippen molar-refractivity contribution in [3.8, 4) is 0 Å². The quantitative estimate of drug-likeness (QED) is 0.931. The van der Waals surface area contributed by atoms with Crippen molar-refractivity contribution in [2.45, 2.75) is 37.3 Å². The molecular weight excluding hydrogens is 273 g/mol. The number of amides is 1. The van der Waals surface area contributed by atoms with Crippen molar-refractivity contribution in [2.24, 2.45) is 0 Å². The molecule has 112 valence electrons. The highest BCUT2D eigenvalue weighted by Crippen LogP contribution is 2.36. The van der Waals surface area contributed by atoms with E-state index in [0.29, 0.717) is 11.5 Å². The largest absolute Gasteiger partial charge is 0.479 e. The molecule has 0 aromatic heterocycles. The molecule has 1 N–H and O–H groups in total. The molecule has 1 heterocycles. The van der Waals surface area contributed by atoms with Crippen LogP contribution in [0.1, 0.15) is 47.5 Å². The van der Waals surface area contributed by atoms with Crippen LogP contribution in [0.2, 0.25) is 0 Å². The molecule has 0 bridgehead atoms. The lowest BCUT2D eigenvalue weighted by atomic mass is 9.80. The predicted molar refractivity (Wildman–Crippen MR) is 75.0 cm³/mol. The van der Waals surface area contributed by atoms with Gasteiger partial charge in [-0.15, -0.1) is 0 Å². The van der Waals surface area contributed by atoms with E-state index in [1.54, 1.807) is 12.1 Å². The standard InChI is InChI=1S/C16H18FNO3/c17-16(15(20)21)8-9-18(10-16)14(19)13-6-4-12(5-7-13)11-2-1-3-11/h4-7,11H,1-3,8-10H2,(H,20,21). The van der Waals surface area contributed by atoms with Gasteiger partial charge in [0.25, 0.3) is 5.91 Å². The van der Waals surface area contributed by atoms with Gasteiger partial charge in [0.1, 0.15) is 0 Å². The number of carboxylic acids is 1. The van der Waals surface area contributed by atoms with E-state index in [1.807, 2.05) is 12.1 Å². The zero-order valence-electron chi connectivity index (χ0n) is 11.7. The molecule has 1 saturated carbocycles. The van der Waals surface area contributed by atoms with Crippen LogP contribution in [0, 0.1) is 0 Å². The number of carbonyl (C=O) groups is 2. The summed E-state index contributed by atoms with van der Waals surface area (Å²) in [7, 11) is 0. The molecule has 1 aliphatic carbocycles. The van der Waals surface area contributed by atoms with Gasteiger partial charge in [-0.1, -0.05) is 18.6 Å². The predicted octanol–water partition coefficient (Wildman–Crippen LogP) is 2.59. The van der Waals surface area contributed by atoms with Gasteiger partial charge in [-0.25, -0.2) is 9.18 Å². The van der Waals surface area contributed by atoms with Crippen molar-refractivity contribution >= 4 is 11.9 Å². The fraction of sp³-hybridized carbons (Fsp3) is 0.500. The summed E-state index contributed by atoms with van der Waals surface area (Å²) in [4.78, 5) is 24.4. The molecule has 2 aliphatic rings. The Labute approximate surface area is 122 Å². The van der Waals surface area contributed by atoms with Crippen LogP contribution in [0.15, 0.2) is 24.3 Å². The number of halogens is 1. The van der Waals surface area contributed by atoms with Gasteiger partial charge in [-0.2, -0.15) is 0 Å². The molecule has 0 spiro atoms. The van der Waals surface area contributed by atoms with Crippen LogP contribution in [-0.4, -0.2) is 40.6 Å². The number of carbonyl (C=O) groups excluding carboxylic acids is 1. The lowest BCUT2D eigenvalue weighted by Crippen LogP contribution is -2.38. The average molecular weight is 291 g/mol. The summed E-state index contributed by atoms with van der Waals surface area (Å²) < 4.78 is 14.0. The minimum absolute atomic E-state index is 0.145. The molecule has 2 fully saturated rings. The maximum absolute atomic E-state index is 14.0. The number of carboxylic acid groups (broad SMARTS) is 1. The van der Waals surface area contributed by atoms with Crippen molar-refractivity contribution < 1.29 is 19.1 Å². The third kappa shape index (κ3) is 2.52. The highest BCUT2D eigenvalue weighted by atomic mass is 19.1. The van der Waals surface area contributed by atoms with Crippen molar-refractivity contribution in [3.63, 3.8) is 0 Å². The van der Waals surface area contributed by atoms with Crippen LogP contribution < -0.4 is 0 Å². The van der Waals surface area contributed by atoms with Gasteiger partial charge < -0.3 is 10.0 Å². The topological polar surface area (TPSA) is 57.6 Å². The van der Waals surface area contributed by atoms with E-state index in [9.17, 15) is 14.0 Å². The van der Waals surface area contributed by atoms with Crippen molar-refractivity contribution in [1.82, 2.24) is 4.90 Å². The van der Waals surface area contributed by atoms with Gasteiger partial charge in [-0.3, -0.25) is 4.79 Å². The molecule has 1 saturated heterocycles. The molecule has 1 amide bonds. The first-order valence-corrected chi connectivity index (χ1v) is 7.31. The van der Waals surface area contributed by atoms with Crippen molar-refractivity contribution in [2.75, 3.05) is 13.1 Å². The lowest BCUT2D eigenvalue weighted by molar-refractivity contribution is -0.149. The SMILES string of the molecule is O=C(c1ccc(C2CCC2)cc1)N1CCC(F)(C(=O)O)C1. The number of likely N-dealkylation sites (tertiary alicyclic amines) is 1. The van der Waals surface area contributed by atoms with Crippen LogP contribution in [0.25, 0.3) is 0 Å². The molecule has 1 aromatic carbocycles. The van der Waals surface area contributed by atoms with E-state index in [2.05, 4.69) is 0 Å². The van der Waals surface area contributed by atoms with Gasteiger partial charge in [-0.05, 0) is 36.5 Å². The monoisotopic (exact) mass is 291 g/mol. The molecule has 5 heteroatoms. The molecule has 1 unspecified atom stereocenters. The van der Waals surface area contributed by atoms with Crippen LogP contribution in [0.3, 0.4) is 0 Å². The number of benzene rings is 1. The number of aliphatic carboxylic acids is 1. The Bertz CT molecular complexity index is 567. The fourth-order valence-electron chi connectivity index (χ4n) is 2.94. The van der Waals surface area contributed by atoms with Gasteiger partial charge >= 0.3 is 5.97 Å². The minimum Gasteiger partial charge on any atom is -0.479 e. The molecule has 0 radical (unpaired) electrons. The molecule has 1 atom stereocenters. The smallest absolute Gasteiger partial charge is 0.343 e. The maximum atomic E-state index is 14.0. The van der Waals surface area contributed by atoms with Gasteiger partial charge in [0, 0.05) is 18.5 Å². The van der Waals surface area contributed by atoms with E-state index < -0.39 is 11.6 Å². The number of nitrogens with zero attached hydrogens (tertiary/aromatic N) is 1. The number of hydrogen-bond acceptors (Lipinski definition) is 2. The summed E-state index contributed by atoms with van der Waals surface area (Å²) in [5.41, 5.74) is -0.570. The van der Waals surface area contributed by atoms with Crippen LogP contribution in [0.5, 0.6) is 0 Å². The number of rotatable bonds is 3. The lowest BCUT2D eigenvalue weighted by Gasteiger charge is -2.26. The van der Waals surface area contributed by atoms with E-state index in [-0.39, 0.29) is 25.4 Å². The Morgan fingerprint density at radius 1 is 1.24 bits per heavy atom. The first-order chi connectivity index (χ1) is 9.99. The van der Waals surface area contributed by atoms with Crippen molar-refractivity contribution in [3.05, 3.63) is 35.4 Å². The fourth-order valence-corrected chi connectivity index (χ4v) is 2.94. The van der Waals surface area contributed by atoms with Crippen LogP contribution in [0.4, 0.5) is 4.39 Å². The molecular formula is C16H18FNO3. The van der Waals surface area contributed by atoms with E-state index in [4.69, 9.17) is 5.11 Å². The third-order valence-corrected chi connectivity index (χ3v) is 4.62. The Morgan fingerprint density at radius 2 is 1.90 bits per heavy atom. The second kappa shape index (κ2) is 5.13. The Kier molecular flexibility index (Phi) is 3.43. The van der Waals surface area contributed by atoms with Gasteiger partial charge in [0.05, 0.1) is 6.54 Å². The van der Waals surface area contributed by atoms with Gasteiger partial charge in [0.2, 0.25) is 5.67 Å². The normalized spacial score (nSPS) is 25.7. The first kappa shape index (κ1) is 14.0. The van der Waals surface area contributed by atoms with Crippen LogP contribution in [-0.2, 0) is 4.79 Å². The highest BCUT2D eigenvalue weighted by molar-refractivity contribution is 5.95. The molecule has 4 nitrogen and oxygen atoms in total. The maximum Gasteiger partial charge on any atom is 0.343 e. The summed E-state index contributed by atoms with van der Waals surface area (Å²) >= 11 is 0. The highest BCUT2D eigenvalue weighted by Gasteiger charge is 2.46. The third-order valence-electron chi connectivity index (χ3n) is 4.62. The number of hydrogen-bond donors (Lipinski definition) is 1. The summed E-state index contributed by atoms with van der Waals surface area (Å²) in [6.45, 7) is -0.225. The zero-order chi connectivity index (χ0) is 15.0. The Balaban J connectivity index is 1.69. The molecule has 21 heavy (non-hydrogen) atoms. The second-order valence-electron chi connectivity index (χ2n) is 6.00. The second-order valence-corrected chi connectivity index (χ2v) is 6.00. The Hall–Kier alpha value is -1.91. The van der Waals surface area contributed by atoms with E-state index in [1.165, 1.54) is 29.7 Å². The summed E-state index contributed by atoms with van der Waals surface area (Å²) in [6, 6.07) is 7.42. The van der Waals surface area contributed by atoms with Crippen LogP contribution >= 0.6 is 0 Å².